The molecule has 1 fully saturated rings. The minimum Gasteiger partial charge on any atom is -0.393 e. The fourth-order valence-corrected chi connectivity index (χ4v) is 2.15. The van der Waals surface area contributed by atoms with E-state index in [1.807, 2.05) is 0 Å². The fraction of sp³-hybridized carbons (Fsp3) is 1.00. The van der Waals surface area contributed by atoms with Crippen molar-refractivity contribution in [3.63, 3.8) is 0 Å². The van der Waals surface area contributed by atoms with Crippen LogP contribution < -0.4 is 0 Å². The van der Waals surface area contributed by atoms with E-state index in [4.69, 9.17) is 0 Å². The summed E-state index contributed by atoms with van der Waals surface area (Å²) < 4.78 is 0. The van der Waals surface area contributed by atoms with E-state index in [0.717, 1.165) is 12.2 Å². The maximum absolute atomic E-state index is 9.63. The standard InChI is InChI=1S/C9H18OS/c10-9(6-7-11)8-4-2-1-3-5-8/h8-11H,1-7H2. The van der Waals surface area contributed by atoms with Crippen molar-refractivity contribution in [2.45, 2.75) is 44.6 Å². The lowest BCUT2D eigenvalue weighted by Gasteiger charge is -2.25. The maximum atomic E-state index is 9.63. The van der Waals surface area contributed by atoms with E-state index < -0.39 is 0 Å². The molecule has 0 bridgehead atoms. The third-order valence-electron chi connectivity index (χ3n) is 2.62. The van der Waals surface area contributed by atoms with Crippen LogP contribution in [0.5, 0.6) is 0 Å². The summed E-state index contributed by atoms with van der Waals surface area (Å²) >= 11 is 4.12. The van der Waals surface area contributed by atoms with Gasteiger partial charge in [-0.25, -0.2) is 0 Å². The zero-order valence-electron chi connectivity index (χ0n) is 7.00. The molecule has 0 aliphatic heterocycles. The van der Waals surface area contributed by atoms with Gasteiger partial charge in [-0.2, -0.15) is 12.6 Å². The summed E-state index contributed by atoms with van der Waals surface area (Å²) in [5.41, 5.74) is 0. The molecule has 0 amide bonds. The van der Waals surface area contributed by atoms with Crippen molar-refractivity contribution in [1.29, 1.82) is 0 Å². The van der Waals surface area contributed by atoms with Crippen LogP contribution in [0.15, 0.2) is 0 Å². The highest BCUT2D eigenvalue weighted by atomic mass is 32.1. The Hall–Kier alpha value is 0.310. The summed E-state index contributed by atoms with van der Waals surface area (Å²) in [5.74, 6) is 1.40. The van der Waals surface area contributed by atoms with Gasteiger partial charge < -0.3 is 5.11 Å². The first-order chi connectivity index (χ1) is 5.34. The molecule has 0 heterocycles. The van der Waals surface area contributed by atoms with E-state index in [9.17, 15) is 5.11 Å². The molecule has 11 heavy (non-hydrogen) atoms. The average Bonchev–Trinajstić information content (AvgIpc) is 2.07. The summed E-state index contributed by atoms with van der Waals surface area (Å²) in [5, 5.41) is 9.63. The van der Waals surface area contributed by atoms with E-state index in [1.54, 1.807) is 0 Å². The molecule has 1 saturated carbocycles. The lowest BCUT2D eigenvalue weighted by atomic mass is 9.84. The largest absolute Gasteiger partial charge is 0.393 e. The van der Waals surface area contributed by atoms with Gasteiger partial charge in [-0.05, 0) is 30.9 Å². The Balaban J connectivity index is 2.21. The molecule has 0 spiro atoms. The normalized spacial score (nSPS) is 23.5. The summed E-state index contributed by atoms with van der Waals surface area (Å²) in [4.78, 5) is 0. The first kappa shape index (κ1) is 9.40. The van der Waals surface area contributed by atoms with Gasteiger partial charge in [0, 0.05) is 0 Å². The molecule has 0 aromatic heterocycles. The molecule has 0 saturated heterocycles. The highest BCUT2D eigenvalue weighted by Crippen LogP contribution is 2.27. The van der Waals surface area contributed by atoms with Crippen molar-refractivity contribution in [2.75, 3.05) is 5.75 Å². The Morgan fingerprint density at radius 3 is 2.45 bits per heavy atom. The number of hydrogen-bond donors (Lipinski definition) is 2. The molecule has 66 valence electrons. The molecule has 2 heteroatoms. The van der Waals surface area contributed by atoms with E-state index >= 15 is 0 Å². The smallest absolute Gasteiger partial charge is 0.0576 e. The van der Waals surface area contributed by atoms with Crippen LogP contribution in [0, 0.1) is 5.92 Å². The van der Waals surface area contributed by atoms with Crippen LogP contribution in [-0.2, 0) is 0 Å². The van der Waals surface area contributed by atoms with Gasteiger partial charge in [0.15, 0.2) is 0 Å². The van der Waals surface area contributed by atoms with Crippen LogP contribution in [0.1, 0.15) is 38.5 Å². The first-order valence-corrected chi connectivity index (χ1v) is 5.26. The Labute approximate surface area is 74.6 Å². The molecule has 1 aliphatic rings. The second-order valence-electron chi connectivity index (χ2n) is 3.48. The van der Waals surface area contributed by atoms with Crippen molar-refractivity contribution in [2.24, 2.45) is 5.92 Å². The predicted octanol–water partition coefficient (Wildman–Crippen LogP) is 2.25. The number of aliphatic hydroxyl groups is 1. The lowest BCUT2D eigenvalue weighted by molar-refractivity contribution is 0.0826. The summed E-state index contributed by atoms with van der Waals surface area (Å²) in [6, 6.07) is 0. The second-order valence-corrected chi connectivity index (χ2v) is 3.92. The summed E-state index contributed by atoms with van der Waals surface area (Å²) in [7, 11) is 0. The molecule has 1 nitrogen and oxygen atoms in total. The zero-order valence-corrected chi connectivity index (χ0v) is 7.89. The van der Waals surface area contributed by atoms with Crippen LogP contribution in [0.25, 0.3) is 0 Å². The fourth-order valence-electron chi connectivity index (χ4n) is 1.89. The highest BCUT2D eigenvalue weighted by molar-refractivity contribution is 7.80. The summed E-state index contributed by atoms with van der Waals surface area (Å²) in [6.07, 6.45) is 7.25. The van der Waals surface area contributed by atoms with E-state index in [0.29, 0.717) is 5.92 Å². The second kappa shape index (κ2) is 5.04. The van der Waals surface area contributed by atoms with Gasteiger partial charge in [0.1, 0.15) is 0 Å². The van der Waals surface area contributed by atoms with E-state index in [2.05, 4.69) is 12.6 Å². The van der Waals surface area contributed by atoms with Crippen LogP contribution in [-0.4, -0.2) is 17.0 Å². The molecule has 1 rings (SSSR count). The van der Waals surface area contributed by atoms with Crippen LogP contribution in [0.2, 0.25) is 0 Å². The number of aliphatic hydroxyl groups excluding tert-OH is 1. The molecular formula is C9H18OS. The van der Waals surface area contributed by atoms with Crippen molar-refractivity contribution in [1.82, 2.24) is 0 Å². The Morgan fingerprint density at radius 2 is 1.91 bits per heavy atom. The van der Waals surface area contributed by atoms with Gasteiger partial charge in [0.2, 0.25) is 0 Å². The molecular weight excluding hydrogens is 156 g/mol. The van der Waals surface area contributed by atoms with Gasteiger partial charge in [-0.15, -0.1) is 0 Å². The highest BCUT2D eigenvalue weighted by Gasteiger charge is 2.20. The minimum absolute atomic E-state index is 0.0761. The molecule has 1 atom stereocenters. The molecule has 1 aliphatic carbocycles. The predicted molar refractivity (Wildman–Crippen MR) is 51.1 cm³/mol. The monoisotopic (exact) mass is 174 g/mol. The van der Waals surface area contributed by atoms with E-state index in [1.165, 1.54) is 32.1 Å². The van der Waals surface area contributed by atoms with Crippen LogP contribution in [0.3, 0.4) is 0 Å². The van der Waals surface area contributed by atoms with Crippen LogP contribution in [0.4, 0.5) is 0 Å². The van der Waals surface area contributed by atoms with Gasteiger partial charge in [0.25, 0.3) is 0 Å². The average molecular weight is 174 g/mol. The van der Waals surface area contributed by atoms with Crippen molar-refractivity contribution in [3.05, 3.63) is 0 Å². The van der Waals surface area contributed by atoms with Gasteiger partial charge in [-0.3, -0.25) is 0 Å². The number of rotatable bonds is 3. The van der Waals surface area contributed by atoms with Gasteiger partial charge >= 0.3 is 0 Å². The maximum Gasteiger partial charge on any atom is 0.0576 e. The zero-order chi connectivity index (χ0) is 8.10. The Morgan fingerprint density at radius 1 is 1.27 bits per heavy atom. The summed E-state index contributed by atoms with van der Waals surface area (Å²) in [6.45, 7) is 0. The first-order valence-electron chi connectivity index (χ1n) is 4.63. The third kappa shape index (κ3) is 3.04. The minimum atomic E-state index is -0.0761. The number of thiol groups is 1. The quantitative estimate of drug-likeness (QED) is 0.629. The van der Waals surface area contributed by atoms with Gasteiger partial charge in [-0.1, -0.05) is 19.3 Å². The Bertz CT molecular complexity index is 99.7. The third-order valence-corrected chi connectivity index (χ3v) is 2.88. The topological polar surface area (TPSA) is 20.2 Å². The molecule has 1 N–H and O–H groups in total. The van der Waals surface area contributed by atoms with Crippen LogP contribution >= 0.6 is 12.6 Å². The molecule has 0 radical (unpaired) electrons. The molecule has 0 aromatic rings. The molecule has 0 aromatic carbocycles. The Kier molecular flexibility index (Phi) is 4.31. The van der Waals surface area contributed by atoms with Crippen molar-refractivity contribution in [3.8, 4) is 0 Å². The molecule has 1 unspecified atom stereocenters. The van der Waals surface area contributed by atoms with Crippen molar-refractivity contribution >= 4 is 12.6 Å². The SMILES string of the molecule is OC(CCS)C1CCCCC1. The van der Waals surface area contributed by atoms with Gasteiger partial charge in [0.05, 0.1) is 6.10 Å². The van der Waals surface area contributed by atoms with E-state index in [-0.39, 0.29) is 6.10 Å². The van der Waals surface area contributed by atoms with Crippen molar-refractivity contribution < 1.29 is 5.11 Å². The lowest BCUT2D eigenvalue weighted by Crippen LogP contribution is -2.23. The number of hydrogen-bond acceptors (Lipinski definition) is 2.